The summed E-state index contributed by atoms with van der Waals surface area (Å²) in [5.41, 5.74) is 2.81. The molecule has 5 rings (SSSR count). The lowest BCUT2D eigenvalue weighted by Gasteiger charge is -2.13. The Balaban J connectivity index is 1.62. The fourth-order valence-corrected chi connectivity index (χ4v) is 6.02. The Kier molecular flexibility index (Phi) is 5.12. The maximum absolute atomic E-state index is 13.6. The third-order valence-corrected chi connectivity index (χ3v) is 7.28. The Morgan fingerprint density at radius 1 is 1.27 bits per heavy atom. The number of fused-ring (bicyclic) bond motifs is 3. The van der Waals surface area contributed by atoms with E-state index in [9.17, 15) is 4.79 Å². The van der Waals surface area contributed by atoms with Crippen molar-refractivity contribution in [2.45, 2.75) is 44.0 Å². The molecule has 0 unspecified atom stereocenters. The predicted octanol–water partition coefficient (Wildman–Crippen LogP) is 4.92. The van der Waals surface area contributed by atoms with E-state index in [1.165, 1.54) is 22.2 Å². The number of nitrogens with zero attached hydrogens (tertiary/aromatic N) is 3. The molecule has 0 N–H and O–H groups in total. The largest absolute Gasteiger partial charge is 0.494 e. The van der Waals surface area contributed by atoms with Crippen molar-refractivity contribution in [3.8, 4) is 11.4 Å². The fourth-order valence-electron chi connectivity index (χ4n) is 3.83. The van der Waals surface area contributed by atoms with Gasteiger partial charge in [0, 0.05) is 10.9 Å². The second-order valence-corrected chi connectivity index (χ2v) is 9.25. The number of thioether (sulfide) groups is 1. The third-order valence-electron chi connectivity index (χ3n) is 5.13. The van der Waals surface area contributed by atoms with Gasteiger partial charge in [-0.3, -0.25) is 9.36 Å². The van der Waals surface area contributed by atoms with Crippen LogP contribution in [-0.4, -0.2) is 21.3 Å². The Morgan fingerprint density at radius 3 is 2.83 bits per heavy atom. The van der Waals surface area contributed by atoms with E-state index < -0.39 is 0 Å². The third kappa shape index (κ3) is 3.44. The molecule has 4 aromatic rings. The van der Waals surface area contributed by atoms with Crippen LogP contribution in [0, 0.1) is 6.92 Å². The summed E-state index contributed by atoms with van der Waals surface area (Å²) in [5.74, 6) is 2.10. The molecule has 8 heteroatoms. The molecule has 0 atom stereocenters. The summed E-state index contributed by atoms with van der Waals surface area (Å²) in [5, 5.41) is 5.39. The Morgan fingerprint density at radius 2 is 2.10 bits per heavy atom. The van der Waals surface area contributed by atoms with Gasteiger partial charge in [-0.2, -0.15) is 0 Å². The highest BCUT2D eigenvalue weighted by Crippen LogP contribution is 2.36. The summed E-state index contributed by atoms with van der Waals surface area (Å²) < 4.78 is 12.6. The minimum absolute atomic E-state index is 0.000176. The van der Waals surface area contributed by atoms with Crippen molar-refractivity contribution >= 4 is 33.3 Å². The van der Waals surface area contributed by atoms with Crippen LogP contribution in [0.25, 0.3) is 15.9 Å². The molecule has 0 amide bonds. The van der Waals surface area contributed by atoms with Crippen LogP contribution in [-0.2, 0) is 18.6 Å². The molecule has 1 aliphatic carbocycles. The van der Waals surface area contributed by atoms with Crippen LogP contribution in [0.15, 0.2) is 44.8 Å². The van der Waals surface area contributed by atoms with Crippen molar-refractivity contribution in [2.75, 3.05) is 6.61 Å². The molecule has 0 aliphatic heterocycles. The van der Waals surface area contributed by atoms with Crippen molar-refractivity contribution in [3.63, 3.8) is 0 Å². The molecule has 1 aromatic carbocycles. The smallest absolute Gasteiger partial charge is 0.267 e. The number of ether oxygens (including phenoxy) is 1. The first kappa shape index (κ1) is 19.4. The number of thiophene rings is 1. The average Bonchev–Trinajstić information content (AvgIpc) is 3.43. The molecule has 6 nitrogen and oxygen atoms in total. The van der Waals surface area contributed by atoms with Gasteiger partial charge in [0.2, 0.25) is 0 Å². The van der Waals surface area contributed by atoms with Crippen LogP contribution in [0.4, 0.5) is 0 Å². The second-order valence-electron chi connectivity index (χ2n) is 7.22. The number of hydrogen-bond donors (Lipinski definition) is 0. The summed E-state index contributed by atoms with van der Waals surface area (Å²) in [6, 6.07) is 9.51. The zero-order chi connectivity index (χ0) is 20.7. The van der Waals surface area contributed by atoms with Crippen molar-refractivity contribution in [1.82, 2.24) is 14.7 Å². The lowest BCUT2D eigenvalue weighted by atomic mass is 10.2. The lowest BCUT2D eigenvalue weighted by Crippen LogP contribution is -2.21. The van der Waals surface area contributed by atoms with Crippen molar-refractivity contribution < 1.29 is 9.26 Å². The number of aryl methyl sites for hydroxylation is 3. The predicted molar refractivity (Wildman–Crippen MR) is 119 cm³/mol. The minimum Gasteiger partial charge on any atom is -0.494 e. The van der Waals surface area contributed by atoms with Gasteiger partial charge >= 0.3 is 0 Å². The molecule has 0 fully saturated rings. The van der Waals surface area contributed by atoms with Crippen LogP contribution in [0.3, 0.4) is 0 Å². The van der Waals surface area contributed by atoms with Gasteiger partial charge < -0.3 is 9.26 Å². The van der Waals surface area contributed by atoms with Crippen LogP contribution in [0.2, 0.25) is 0 Å². The van der Waals surface area contributed by atoms with Gasteiger partial charge in [0.05, 0.1) is 29.1 Å². The molecule has 0 spiro atoms. The molecular formula is C22H21N3O3S2. The standard InChI is InChI=1S/C22H21N3O3S2/c1-3-27-15-9-7-14(8-10-15)25-21(26)19-17-5-4-6-18(17)30-20(19)23-22(25)29-12-16-11-13(2)24-28-16/h7-11H,3-6,12H2,1-2H3. The van der Waals surface area contributed by atoms with E-state index >= 15 is 0 Å². The summed E-state index contributed by atoms with van der Waals surface area (Å²) in [7, 11) is 0. The Labute approximate surface area is 181 Å². The van der Waals surface area contributed by atoms with Gasteiger partial charge in [0.25, 0.3) is 5.56 Å². The van der Waals surface area contributed by atoms with E-state index in [1.807, 2.05) is 44.2 Å². The minimum atomic E-state index is -0.000176. The molecular weight excluding hydrogens is 418 g/mol. The molecule has 154 valence electrons. The van der Waals surface area contributed by atoms with Gasteiger partial charge in [-0.05, 0) is 62.9 Å². The van der Waals surface area contributed by atoms with Gasteiger partial charge in [0.1, 0.15) is 16.3 Å². The van der Waals surface area contributed by atoms with E-state index in [4.69, 9.17) is 14.2 Å². The highest BCUT2D eigenvalue weighted by atomic mass is 32.2. The maximum atomic E-state index is 13.6. The summed E-state index contributed by atoms with van der Waals surface area (Å²) in [6.07, 6.45) is 3.11. The quantitative estimate of drug-likeness (QED) is 0.314. The Hall–Kier alpha value is -2.58. The molecule has 0 radical (unpaired) electrons. The summed E-state index contributed by atoms with van der Waals surface area (Å²) >= 11 is 3.15. The first-order valence-electron chi connectivity index (χ1n) is 9.99. The normalized spacial score (nSPS) is 13.1. The van der Waals surface area contributed by atoms with Crippen LogP contribution in [0.5, 0.6) is 5.75 Å². The molecule has 3 aromatic heterocycles. The van der Waals surface area contributed by atoms with Crippen molar-refractivity contribution in [3.05, 3.63) is 62.6 Å². The highest BCUT2D eigenvalue weighted by Gasteiger charge is 2.24. The van der Waals surface area contributed by atoms with Gasteiger partial charge in [-0.15, -0.1) is 11.3 Å². The van der Waals surface area contributed by atoms with E-state index in [1.54, 1.807) is 15.9 Å². The van der Waals surface area contributed by atoms with Gasteiger partial charge in [0.15, 0.2) is 5.16 Å². The monoisotopic (exact) mass is 439 g/mol. The summed E-state index contributed by atoms with van der Waals surface area (Å²) in [4.78, 5) is 20.7. The number of aromatic nitrogens is 3. The maximum Gasteiger partial charge on any atom is 0.267 e. The lowest BCUT2D eigenvalue weighted by molar-refractivity contribution is 0.340. The number of hydrogen-bond acceptors (Lipinski definition) is 7. The molecule has 0 saturated heterocycles. The summed E-state index contributed by atoms with van der Waals surface area (Å²) in [6.45, 7) is 4.45. The molecule has 1 aliphatic rings. The van der Waals surface area contributed by atoms with Gasteiger partial charge in [-0.1, -0.05) is 16.9 Å². The van der Waals surface area contributed by atoms with Crippen molar-refractivity contribution in [1.29, 1.82) is 0 Å². The van der Waals surface area contributed by atoms with E-state index in [0.29, 0.717) is 17.5 Å². The zero-order valence-electron chi connectivity index (χ0n) is 16.8. The van der Waals surface area contributed by atoms with Crippen LogP contribution in [0.1, 0.15) is 35.2 Å². The van der Waals surface area contributed by atoms with Crippen LogP contribution < -0.4 is 10.3 Å². The zero-order valence-corrected chi connectivity index (χ0v) is 18.4. The first-order valence-corrected chi connectivity index (χ1v) is 11.8. The number of benzene rings is 1. The Bertz CT molecular complexity index is 1270. The molecule has 0 bridgehead atoms. The van der Waals surface area contributed by atoms with E-state index in [-0.39, 0.29) is 5.56 Å². The SMILES string of the molecule is CCOc1ccc(-n2c(SCc3cc(C)no3)nc3sc4c(c3c2=O)CCC4)cc1. The molecule has 3 heterocycles. The van der Waals surface area contributed by atoms with E-state index in [0.717, 1.165) is 52.4 Å². The number of rotatable bonds is 6. The topological polar surface area (TPSA) is 70.2 Å². The van der Waals surface area contributed by atoms with Crippen LogP contribution >= 0.6 is 23.1 Å². The highest BCUT2D eigenvalue weighted by molar-refractivity contribution is 7.98. The average molecular weight is 440 g/mol. The first-order chi connectivity index (χ1) is 14.6. The second kappa shape index (κ2) is 7.92. The van der Waals surface area contributed by atoms with E-state index in [2.05, 4.69) is 5.16 Å². The fraction of sp³-hybridized carbons (Fsp3) is 0.318. The van der Waals surface area contributed by atoms with Crippen molar-refractivity contribution in [2.24, 2.45) is 0 Å². The molecule has 30 heavy (non-hydrogen) atoms. The molecule has 0 saturated carbocycles. The van der Waals surface area contributed by atoms with Gasteiger partial charge in [-0.25, -0.2) is 4.98 Å².